The number of phenols is 1. The van der Waals surface area contributed by atoms with Crippen LogP contribution in [0.5, 0.6) is 5.75 Å². The Morgan fingerprint density at radius 1 is 1.41 bits per heavy atom. The lowest BCUT2D eigenvalue weighted by Gasteiger charge is -2.35. The van der Waals surface area contributed by atoms with Gasteiger partial charge in [0, 0.05) is 19.6 Å². The number of benzene rings is 1. The van der Waals surface area contributed by atoms with Crippen LogP contribution in [0.1, 0.15) is 25.3 Å². The maximum Gasteiger partial charge on any atom is 0.200 e. The van der Waals surface area contributed by atoms with Crippen molar-refractivity contribution < 1.29 is 19.4 Å². The Bertz CT molecular complexity index is 800. The number of phenolic OH excluding ortho intramolecular Hbond substituents is 1. The first-order valence-corrected chi connectivity index (χ1v) is 7.11. The third kappa shape index (κ3) is 2.42. The van der Waals surface area contributed by atoms with Crippen LogP contribution in [0.25, 0.3) is 16.5 Å². The second kappa shape index (κ2) is 5.26. The second-order valence-corrected chi connectivity index (χ2v) is 5.88. The van der Waals surface area contributed by atoms with Gasteiger partial charge in [0.05, 0.1) is 22.7 Å². The molecule has 0 fully saturated rings. The number of rotatable bonds is 2. The molecule has 2 aromatic rings. The molecule has 0 saturated heterocycles. The molecule has 2 atom stereocenters. The number of aromatic hydroxyl groups is 1. The van der Waals surface area contributed by atoms with Gasteiger partial charge in [0.15, 0.2) is 5.43 Å². The zero-order valence-corrected chi connectivity index (χ0v) is 12.5. The molecule has 1 aromatic carbocycles. The van der Waals surface area contributed by atoms with Gasteiger partial charge in [-0.1, -0.05) is 6.08 Å². The number of fused-ring (bicyclic) bond motifs is 1. The highest BCUT2D eigenvalue weighted by Crippen LogP contribution is 2.34. The van der Waals surface area contributed by atoms with E-state index in [4.69, 9.17) is 9.15 Å². The minimum atomic E-state index is -1.03. The Kier molecular flexibility index (Phi) is 3.54. The van der Waals surface area contributed by atoms with E-state index in [9.17, 15) is 15.0 Å². The van der Waals surface area contributed by atoms with E-state index in [0.29, 0.717) is 29.4 Å². The first kappa shape index (κ1) is 14.8. The first-order valence-electron chi connectivity index (χ1n) is 7.11. The van der Waals surface area contributed by atoms with Gasteiger partial charge < -0.3 is 19.4 Å². The zero-order valence-electron chi connectivity index (χ0n) is 12.5. The molecule has 22 heavy (non-hydrogen) atoms. The Hall–Kier alpha value is -2.11. The van der Waals surface area contributed by atoms with E-state index in [-0.39, 0.29) is 17.3 Å². The number of hydrogen-bond donors (Lipinski definition) is 2. The van der Waals surface area contributed by atoms with E-state index < -0.39 is 5.60 Å². The topological polar surface area (TPSA) is 79.9 Å². The van der Waals surface area contributed by atoms with Gasteiger partial charge >= 0.3 is 0 Å². The van der Waals surface area contributed by atoms with Crippen LogP contribution in [0.2, 0.25) is 0 Å². The molecule has 1 aliphatic rings. The summed E-state index contributed by atoms with van der Waals surface area (Å²) in [4.78, 5) is 12.6. The minimum Gasteiger partial charge on any atom is -0.508 e. The highest BCUT2D eigenvalue weighted by molar-refractivity contribution is 5.82. The number of ether oxygens (including phenoxy) is 1. The van der Waals surface area contributed by atoms with Crippen molar-refractivity contribution in [3.05, 3.63) is 46.3 Å². The van der Waals surface area contributed by atoms with Crippen molar-refractivity contribution in [3.8, 4) is 5.75 Å². The monoisotopic (exact) mass is 302 g/mol. The lowest BCUT2D eigenvalue weighted by molar-refractivity contribution is -0.0796. The lowest BCUT2D eigenvalue weighted by atomic mass is 9.81. The molecule has 3 rings (SSSR count). The summed E-state index contributed by atoms with van der Waals surface area (Å²) >= 11 is 0. The molecule has 1 aromatic heterocycles. The molecule has 1 aliphatic carbocycles. The summed E-state index contributed by atoms with van der Waals surface area (Å²) < 4.78 is 10.7. The van der Waals surface area contributed by atoms with Crippen molar-refractivity contribution >= 4 is 16.5 Å². The number of hydrogen-bond acceptors (Lipinski definition) is 5. The maximum absolute atomic E-state index is 12.6. The minimum absolute atomic E-state index is 0.0474. The average molecular weight is 302 g/mol. The predicted molar refractivity (Wildman–Crippen MR) is 82.8 cm³/mol. The average Bonchev–Trinajstić information content (AvgIpc) is 2.46. The summed E-state index contributed by atoms with van der Waals surface area (Å²) in [7, 11) is 1.56. The van der Waals surface area contributed by atoms with Gasteiger partial charge in [0.1, 0.15) is 17.6 Å². The fourth-order valence-electron chi connectivity index (χ4n) is 2.97. The van der Waals surface area contributed by atoms with E-state index in [1.807, 2.05) is 6.08 Å². The van der Waals surface area contributed by atoms with Gasteiger partial charge in [-0.25, -0.2) is 0 Å². The van der Waals surface area contributed by atoms with Gasteiger partial charge in [0.2, 0.25) is 0 Å². The molecule has 116 valence electrons. The third-order valence-electron chi connectivity index (χ3n) is 4.21. The van der Waals surface area contributed by atoms with E-state index in [1.54, 1.807) is 20.1 Å². The standard InChI is InChI=1S/C17H18O5/c1-17(20)8-10(3-6-15(17)21-2)13-9-22-14-7-11(18)4-5-12(14)16(13)19/h3-5,7,9,15,18,20H,6,8H2,1-2H3. The van der Waals surface area contributed by atoms with Crippen molar-refractivity contribution in [3.63, 3.8) is 0 Å². The van der Waals surface area contributed by atoms with Crippen LogP contribution in [0.4, 0.5) is 0 Å². The second-order valence-electron chi connectivity index (χ2n) is 5.88. The van der Waals surface area contributed by atoms with Crippen LogP contribution in [-0.4, -0.2) is 29.0 Å². The van der Waals surface area contributed by atoms with Crippen LogP contribution in [0, 0.1) is 0 Å². The molecule has 2 unspecified atom stereocenters. The molecule has 0 saturated carbocycles. The van der Waals surface area contributed by atoms with Gasteiger partial charge in [-0.15, -0.1) is 0 Å². The first-order chi connectivity index (χ1) is 10.4. The number of methoxy groups -OCH3 is 1. The van der Waals surface area contributed by atoms with E-state index >= 15 is 0 Å². The Balaban J connectivity index is 2.08. The summed E-state index contributed by atoms with van der Waals surface area (Å²) in [6, 6.07) is 4.40. The van der Waals surface area contributed by atoms with Gasteiger partial charge in [-0.05, 0) is 31.1 Å². The maximum atomic E-state index is 12.6. The van der Waals surface area contributed by atoms with Crippen molar-refractivity contribution in [1.82, 2.24) is 0 Å². The molecule has 5 heteroatoms. The van der Waals surface area contributed by atoms with Crippen molar-refractivity contribution in [2.45, 2.75) is 31.5 Å². The SMILES string of the molecule is COC1CC=C(c2coc3cc(O)ccc3c2=O)CC1(C)O. The third-order valence-corrected chi connectivity index (χ3v) is 4.21. The van der Waals surface area contributed by atoms with Crippen LogP contribution in [0.15, 0.2) is 39.7 Å². The van der Waals surface area contributed by atoms with Crippen LogP contribution < -0.4 is 5.43 Å². The fourth-order valence-corrected chi connectivity index (χ4v) is 2.97. The molecular weight excluding hydrogens is 284 g/mol. The van der Waals surface area contributed by atoms with E-state index in [2.05, 4.69) is 0 Å². The highest BCUT2D eigenvalue weighted by atomic mass is 16.5. The molecule has 0 bridgehead atoms. The van der Waals surface area contributed by atoms with Gasteiger partial charge in [0.25, 0.3) is 0 Å². The number of aliphatic hydroxyl groups is 1. The smallest absolute Gasteiger partial charge is 0.200 e. The molecule has 0 spiro atoms. The van der Waals surface area contributed by atoms with Crippen LogP contribution in [0.3, 0.4) is 0 Å². The van der Waals surface area contributed by atoms with Gasteiger partial charge in [-0.3, -0.25) is 4.79 Å². The molecule has 1 heterocycles. The summed E-state index contributed by atoms with van der Waals surface area (Å²) in [6.07, 6.45) is 3.86. The largest absolute Gasteiger partial charge is 0.508 e. The molecule has 0 amide bonds. The summed E-state index contributed by atoms with van der Waals surface area (Å²) in [5.41, 5.74) is 0.329. The molecule has 0 aliphatic heterocycles. The van der Waals surface area contributed by atoms with Crippen LogP contribution >= 0.6 is 0 Å². The van der Waals surface area contributed by atoms with Gasteiger partial charge in [-0.2, -0.15) is 0 Å². The Labute approximate surface area is 127 Å². The quantitative estimate of drug-likeness (QED) is 0.890. The van der Waals surface area contributed by atoms with E-state index in [0.717, 1.165) is 5.57 Å². The molecular formula is C17H18O5. The molecule has 0 radical (unpaired) electrons. The Morgan fingerprint density at radius 3 is 2.86 bits per heavy atom. The lowest BCUT2D eigenvalue weighted by Crippen LogP contribution is -2.42. The van der Waals surface area contributed by atoms with Crippen molar-refractivity contribution in [2.75, 3.05) is 7.11 Å². The molecule has 2 N–H and O–H groups in total. The molecule has 5 nitrogen and oxygen atoms in total. The zero-order chi connectivity index (χ0) is 15.9. The van der Waals surface area contributed by atoms with Crippen molar-refractivity contribution in [1.29, 1.82) is 0 Å². The van der Waals surface area contributed by atoms with Crippen molar-refractivity contribution in [2.24, 2.45) is 0 Å². The summed E-state index contributed by atoms with van der Waals surface area (Å²) in [5.74, 6) is 0.0474. The Morgan fingerprint density at radius 2 is 2.18 bits per heavy atom. The highest BCUT2D eigenvalue weighted by Gasteiger charge is 2.36. The normalized spacial score (nSPS) is 25.2. The van der Waals surface area contributed by atoms with Crippen LogP contribution in [-0.2, 0) is 4.74 Å². The fraction of sp³-hybridized carbons (Fsp3) is 0.353. The summed E-state index contributed by atoms with van der Waals surface area (Å²) in [5, 5.41) is 20.3. The van der Waals surface area contributed by atoms with E-state index in [1.165, 1.54) is 18.4 Å². The summed E-state index contributed by atoms with van der Waals surface area (Å²) in [6.45, 7) is 1.70. The predicted octanol–water partition coefficient (Wildman–Crippen LogP) is 2.44.